The average Bonchev–Trinajstić information content (AvgIpc) is 2.33. The summed E-state index contributed by atoms with van der Waals surface area (Å²) in [7, 11) is 0. The van der Waals surface area contributed by atoms with E-state index in [9.17, 15) is 26.3 Å². The van der Waals surface area contributed by atoms with E-state index in [1.807, 2.05) is 0 Å². The summed E-state index contributed by atoms with van der Waals surface area (Å²) in [5.74, 6) is -0.617. The SMILES string of the molecule is FC(F)(F)C(N=C1NSc2cnccc2N1)C(F)(F)F. The van der Waals surface area contributed by atoms with Crippen LogP contribution < -0.4 is 10.0 Å². The first-order valence-corrected chi connectivity index (χ1v) is 5.84. The number of anilines is 1. The fraction of sp³-hybridized carbons (Fsp3) is 0.333. The van der Waals surface area contributed by atoms with E-state index in [2.05, 4.69) is 20.0 Å². The number of nitrogens with zero attached hydrogens (tertiary/aromatic N) is 2. The second-order valence-corrected chi connectivity index (χ2v) is 4.51. The lowest BCUT2D eigenvalue weighted by atomic mass is 10.3. The molecule has 0 bridgehead atoms. The van der Waals surface area contributed by atoms with E-state index in [1.54, 1.807) is 0 Å². The summed E-state index contributed by atoms with van der Waals surface area (Å²) in [6, 6.07) is -2.37. The van der Waals surface area contributed by atoms with E-state index < -0.39 is 24.4 Å². The van der Waals surface area contributed by atoms with Crippen LogP contribution in [0.4, 0.5) is 32.0 Å². The van der Waals surface area contributed by atoms with Gasteiger partial charge in [-0.3, -0.25) is 9.71 Å². The van der Waals surface area contributed by atoms with Gasteiger partial charge in [0.15, 0.2) is 0 Å². The van der Waals surface area contributed by atoms with E-state index in [0.29, 0.717) is 10.6 Å². The van der Waals surface area contributed by atoms with Gasteiger partial charge in [-0.15, -0.1) is 0 Å². The first-order chi connectivity index (χ1) is 9.18. The number of aromatic nitrogens is 1. The number of guanidine groups is 1. The van der Waals surface area contributed by atoms with E-state index in [4.69, 9.17) is 0 Å². The molecule has 11 heteroatoms. The van der Waals surface area contributed by atoms with Crippen molar-refractivity contribution in [1.29, 1.82) is 0 Å². The summed E-state index contributed by atoms with van der Waals surface area (Å²) in [6.07, 6.45) is -8.28. The zero-order valence-corrected chi connectivity index (χ0v) is 10.2. The third kappa shape index (κ3) is 3.26. The average molecular weight is 316 g/mol. The Morgan fingerprint density at radius 3 is 2.40 bits per heavy atom. The molecule has 1 aromatic heterocycles. The number of pyridine rings is 1. The van der Waals surface area contributed by atoms with Crippen molar-refractivity contribution in [2.24, 2.45) is 4.99 Å². The summed E-state index contributed by atoms with van der Waals surface area (Å²) in [5.41, 5.74) is 0.325. The van der Waals surface area contributed by atoms with Crippen molar-refractivity contribution in [2.75, 3.05) is 5.32 Å². The fourth-order valence-electron chi connectivity index (χ4n) is 1.34. The third-order valence-corrected chi connectivity index (χ3v) is 3.01. The van der Waals surface area contributed by atoms with E-state index in [0.717, 1.165) is 11.9 Å². The van der Waals surface area contributed by atoms with Crippen molar-refractivity contribution in [2.45, 2.75) is 23.3 Å². The molecule has 0 saturated heterocycles. The quantitative estimate of drug-likeness (QED) is 0.618. The second-order valence-electron chi connectivity index (χ2n) is 3.66. The van der Waals surface area contributed by atoms with Crippen LogP contribution in [-0.4, -0.2) is 29.3 Å². The van der Waals surface area contributed by atoms with Crippen LogP contribution in [0.15, 0.2) is 28.3 Å². The smallest absolute Gasteiger partial charge is 0.324 e. The second kappa shape index (κ2) is 5.04. The molecule has 0 atom stereocenters. The molecule has 2 rings (SSSR count). The van der Waals surface area contributed by atoms with Gasteiger partial charge in [-0.05, 0) is 18.0 Å². The Hall–Kier alpha value is -1.65. The molecule has 2 heterocycles. The molecule has 0 radical (unpaired) electrons. The Kier molecular flexibility index (Phi) is 3.71. The zero-order valence-electron chi connectivity index (χ0n) is 9.38. The van der Waals surface area contributed by atoms with Crippen LogP contribution in [0.1, 0.15) is 0 Å². The van der Waals surface area contributed by atoms with Gasteiger partial charge < -0.3 is 5.32 Å². The summed E-state index contributed by atoms with van der Waals surface area (Å²) < 4.78 is 76.5. The molecule has 0 aliphatic carbocycles. The van der Waals surface area contributed by atoms with Crippen LogP contribution >= 0.6 is 11.9 Å². The van der Waals surface area contributed by atoms with E-state index >= 15 is 0 Å². The molecular weight excluding hydrogens is 310 g/mol. The predicted octanol–water partition coefficient (Wildman–Crippen LogP) is 2.95. The molecule has 0 fully saturated rings. The normalized spacial score (nSPS) is 17.6. The molecule has 0 saturated carbocycles. The molecule has 20 heavy (non-hydrogen) atoms. The van der Waals surface area contributed by atoms with Gasteiger partial charge in [0.1, 0.15) is 0 Å². The number of hydrogen-bond donors (Lipinski definition) is 2. The van der Waals surface area contributed by atoms with Crippen molar-refractivity contribution in [3.8, 4) is 0 Å². The summed E-state index contributed by atoms with van der Waals surface area (Å²) in [5, 5.41) is 2.35. The number of alkyl halides is 6. The van der Waals surface area contributed by atoms with Crippen molar-refractivity contribution in [1.82, 2.24) is 9.71 Å². The van der Waals surface area contributed by atoms with Crippen LogP contribution in [0.5, 0.6) is 0 Å². The number of halogens is 6. The minimum absolute atomic E-state index is 0.325. The predicted molar refractivity (Wildman–Crippen MR) is 60.2 cm³/mol. The lowest BCUT2D eigenvalue weighted by Crippen LogP contribution is -2.43. The molecule has 2 N–H and O–H groups in total. The van der Waals surface area contributed by atoms with Gasteiger partial charge in [0.05, 0.1) is 10.6 Å². The fourth-order valence-corrected chi connectivity index (χ4v) is 1.99. The number of fused-ring (bicyclic) bond motifs is 1. The Morgan fingerprint density at radius 1 is 1.15 bits per heavy atom. The Bertz CT molecular complexity index is 512. The Morgan fingerprint density at radius 2 is 1.80 bits per heavy atom. The minimum Gasteiger partial charge on any atom is -0.324 e. The van der Waals surface area contributed by atoms with Gasteiger partial charge >= 0.3 is 12.4 Å². The summed E-state index contributed by atoms with van der Waals surface area (Å²) in [6.45, 7) is 0. The largest absolute Gasteiger partial charge is 0.419 e. The monoisotopic (exact) mass is 316 g/mol. The lowest BCUT2D eigenvalue weighted by molar-refractivity contribution is -0.247. The van der Waals surface area contributed by atoms with Crippen LogP contribution in [-0.2, 0) is 0 Å². The number of aliphatic imine (C=N–C) groups is 1. The molecule has 0 spiro atoms. The third-order valence-electron chi connectivity index (χ3n) is 2.17. The first-order valence-electron chi connectivity index (χ1n) is 5.03. The molecule has 4 nitrogen and oxygen atoms in total. The molecule has 0 aromatic carbocycles. The van der Waals surface area contributed by atoms with Crippen LogP contribution in [0.2, 0.25) is 0 Å². The Labute approximate surface area is 112 Å². The highest BCUT2D eigenvalue weighted by atomic mass is 32.2. The topological polar surface area (TPSA) is 49.3 Å². The van der Waals surface area contributed by atoms with Crippen molar-refractivity contribution in [3.63, 3.8) is 0 Å². The van der Waals surface area contributed by atoms with Gasteiger partial charge in [0.25, 0.3) is 0 Å². The van der Waals surface area contributed by atoms with E-state index in [-0.39, 0.29) is 0 Å². The van der Waals surface area contributed by atoms with Crippen molar-refractivity contribution < 1.29 is 26.3 Å². The minimum atomic E-state index is -5.52. The van der Waals surface area contributed by atoms with Crippen LogP contribution in [0.3, 0.4) is 0 Å². The summed E-state index contributed by atoms with van der Waals surface area (Å²) >= 11 is 0.820. The molecule has 0 unspecified atom stereocenters. The van der Waals surface area contributed by atoms with Gasteiger partial charge in [-0.25, -0.2) is 4.99 Å². The van der Waals surface area contributed by atoms with Gasteiger partial charge in [0.2, 0.25) is 12.0 Å². The molecule has 0 amide bonds. The molecule has 1 aliphatic rings. The maximum absolute atomic E-state index is 12.4. The molecule has 1 aliphatic heterocycles. The maximum atomic E-state index is 12.4. The van der Waals surface area contributed by atoms with Crippen LogP contribution in [0.25, 0.3) is 0 Å². The number of nitrogens with one attached hydrogen (secondary N) is 2. The van der Waals surface area contributed by atoms with E-state index in [1.165, 1.54) is 18.5 Å². The summed E-state index contributed by atoms with van der Waals surface area (Å²) in [4.78, 5) is 6.97. The number of rotatable bonds is 1. The molecule has 110 valence electrons. The highest BCUT2D eigenvalue weighted by Crippen LogP contribution is 2.36. The number of hydrogen-bond acceptors (Lipinski definition) is 3. The highest BCUT2D eigenvalue weighted by Gasteiger charge is 2.57. The van der Waals surface area contributed by atoms with Crippen molar-refractivity contribution in [3.05, 3.63) is 18.5 Å². The van der Waals surface area contributed by atoms with Gasteiger partial charge in [-0.1, -0.05) is 0 Å². The maximum Gasteiger partial charge on any atom is 0.419 e. The van der Waals surface area contributed by atoms with Crippen LogP contribution in [0, 0.1) is 0 Å². The molecular formula is C9H6F6N4S. The van der Waals surface area contributed by atoms with Gasteiger partial charge in [-0.2, -0.15) is 26.3 Å². The van der Waals surface area contributed by atoms with Crippen molar-refractivity contribution >= 4 is 23.6 Å². The first kappa shape index (κ1) is 14.8. The lowest BCUT2D eigenvalue weighted by Gasteiger charge is -2.24. The standard InChI is InChI=1S/C9H6F6N4S/c10-8(11,12)6(9(13,14)15)18-7-17-4-1-2-16-3-5(4)20-19-7/h1-3,6H,(H2,17,18,19). The molecule has 1 aromatic rings. The Balaban J connectivity index is 2.27. The van der Waals surface area contributed by atoms with Gasteiger partial charge in [0, 0.05) is 12.4 Å². The zero-order chi connectivity index (χ0) is 15.0. The highest BCUT2D eigenvalue weighted by molar-refractivity contribution is 7.98.